The number of methoxy groups -OCH3 is 1. The van der Waals surface area contributed by atoms with E-state index in [-0.39, 0.29) is 0 Å². The van der Waals surface area contributed by atoms with Crippen LogP contribution >= 0.6 is 23.4 Å². The zero-order chi connectivity index (χ0) is 19.0. The lowest BCUT2D eigenvalue weighted by Gasteiger charge is -2.12. The molecule has 5 heteroatoms. The summed E-state index contributed by atoms with van der Waals surface area (Å²) in [4.78, 5) is 0.875. The molecule has 0 aliphatic heterocycles. The van der Waals surface area contributed by atoms with Crippen LogP contribution in [0, 0.1) is 11.3 Å². The van der Waals surface area contributed by atoms with Crippen LogP contribution in [0.2, 0.25) is 5.02 Å². The van der Waals surface area contributed by atoms with Crippen molar-refractivity contribution in [2.24, 2.45) is 0 Å². The van der Waals surface area contributed by atoms with Gasteiger partial charge in [0, 0.05) is 4.90 Å². The van der Waals surface area contributed by atoms with Gasteiger partial charge in [0.05, 0.1) is 23.8 Å². The van der Waals surface area contributed by atoms with Crippen LogP contribution in [0.4, 0.5) is 0 Å². The second-order valence-electron chi connectivity index (χ2n) is 5.73. The first kappa shape index (κ1) is 21.4. The third-order valence-corrected chi connectivity index (χ3v) is 4.81. The predicted octanol–water partition coefficient (Wildman–Crippen LogP) is 5.81. The van der Waals surface area contributed by atoms with Gasteiger partial charge in [-0.25, -0.2) is 0 Å². The van der Waals surface area contributed by atoms with Crippen molar-refractivity contribution < 1.29 is 9.84 Å². The highest BCUT2D eigenvalue weighted by molar-refractivity contribution is 7.98. The number of benzene rings is 2. The predicted molar refractivity (Wildman–Crippen MR) is 106 cm³/mol. The number of hydrogen-bond donors (Lipinski definition) is 1. The fraction of sp³-hybridized carbons (Fsp3) is 0.350. The van der Waals surface area contributed by atoms with E-state index < -0.39 is 6.10 Å². The molecule has 134 valence electrons. The van der Waals surface area contributed by atoms with Gasteiger partial charge >= 0.3 is 0 Å². The molecule has 0 aliphatic rings. The van der Waals surface area contributed by atoms with Gasteiger partial charge in [0.15, 0.2) is 0 Å². The molecule has 0 fully saturated rings. The van der Waals surface area contributed by atoms with E-state index in [4.69, 9.17) is 21.6 Å². The molecule has 1 N–H and O–H groups in total. The molecule has 0 spiro atoms. The topological polar surface area (TPSA) is 53.2 Å². The Balaban J connectivity index is 0.000000251. The molecule has 0 amide bonds. The Morgan fingerprint density at radius 2 is 1.72 bits per heavy atom. The Morgan fingerprint density at radius 1 is 1.12 bits per heavy atom. The minimum Gasteiger partial charge on any atom is -0.495 e. The molecule has 0 heterocycles. The summed E-state index contributed by atoms with van der Waals surface area (Å²) in [6, 6.07) is 13.3. The van der Waals surface area contributed by atoms with Gasteiger partial charge in [0.25, 0.3) is 0 Å². The smallest absolute Gasteiger partial charge is 0.140 e. The van der Waals surface area contributed by atoms with E-state index >= 15 is 0 Å². The molecule has 0 saturated heterocycles. The number of hydrogen-bond acceptors (Lipinski definition) is 4. The summed E-state index contributed by atoms with van der Waals surface area (Å²) < 4.78 is 5.21. The monoisotopic (exact) mass is 377 g/mol. The molecule has 0 bridgehead atoms. The fourth-order valence-electron chi connectivity index (χ4n) is 2.40. The number of aliphatic hydroxyl groups excluding tert-OH is 1. The second-order valence-corrected chi connectivity index (χ2v) is 6.96. The second kappa shape index (κ2) is 10.4. The maximum absolute atomic E-state index is 9.43. The first-order chi connectivity index (χ1) is 11.9. The molecular weight excluding hydrogens is 354 g/mol. The van der Waals surface area contributed by atoms with Gasteiger partial charge in [-0.3, -0.25) is 0 Å². The average Bonchev–Trinajstić information content (AvgIpc) is 2.60. The van der Waals surface area contributed by atoms with E-state index in [1.807, 2.05) is 30.5 Å². The number of ether oxygens (including phenoxy) is 1. The highest BCUT2D eigenvalue weighted by Gasteiger charge is 2.10. The van der Waals surface area contributed by atoms with Gasteiger partial charge in [-0.05, 0) is 42.4 Å². The van der Waals surface area contributed by atoms with Crippen LogP contribution in [-0.2, 0) is 0 Å². The SMILES string of the molecule is COc1c(Cl)cccc1C(C)C.CSc1c(C#N)cccc1C(C)O. The number of aliphatic hydroxyl groups is 1. The van der Waals surface area contributed by atoms with E-state index in [9.17, 15) is 5.11 Å². The van der Waals surface area contributed by atoms with Gasteiger partial charge in [0.1, 0.15) is 11.8 Å². The Hall–Kier alpha value is -1.67. The number of para-hydroxylation sites is 1. The van der Waals surface area contributed by atoms with Crippen LogP contribution in [0.1, 0.15) is 49.5 Å². The van der Waals surface area contributed by atoms with Crippen LogP contribution in [0.15, 0.2) is 41.3 Å². The molecule has 0 aliphatic carbocycles. The van der Waals surface area contributed by atoms with Crippen LogP contribution < -0.4 is 4.74 Å². The zero-order valence-electron chi connectivity index (χ0n) is 15.2. The normalized spacial score (nSPS) is 11.3. The molecule has 2 aromatic carbocycles. The van der Waals surface area contributed by atoms with Gasteiger partial charge in [-0.15, -0.1) is 11.8 Å². The van der Waals surface area contributed by atoms with E-state index in [2.05, 4.69) is 19.9 Å². The first-order valence-corrected chi connectivity index (χ1v) is 9.55. The Labute approximate surface area is 159 Å². The molecule has 1 unspecified atom stereocenters. The highest BCUT2D eigenvalue weighted by atomic mass is 35.5. The lowest BCUT2D eigenvalue weighted by molar-refractivity contribution is 0.196. The van der Waals surface area contributed by atoms with Gasteiger partial charge in [-0.2, -0.15) is 5.26 Å². The van der Waals surface area contributed by atoms with Crippen molar-refractivity contribution in [3.05, 3.63) is 58.1 Å². The number of nitrogens with zero attached hydrogens (tertiary/aromatic N) is 1. The quantitative estimate of drug-likeness (QED) is 0.683. The number of thioether (sulfide) groups is 1. The molecular formula is C20H24ClNO2S. The molecule has 1 atom stereocenters. The van der Waals surface area contributed by atoms with E-state index in [0.717, 1.165) is 21.8 Å². The highest BCUT2D eigenvalue weighted by Crippen LogP contribution is 2.32. The molecule has 0 saturated carbocycles. The first-order valence-electron chi connectivity index (χ1n) is 7.94. The Kier molecular flexibility index (Phi) is 8.85. The van der Waals surface area contributed by atoms with Crippen LogP contribution in [0.25, 0.3) is 0 Å². The number of halogens is 1. The van der Waals surface area contributed by atoms with Crippen LogP contribution in [0.5, 0.6) is 5.75 Å². The summed E-state index contributed by atoms with van der Waals surface area (Å²) in [5, 5.41) is 18.9. The largest absolute Gasteiger partial charge is 0.495 e. The summed E-state index contributed by atoms with van der Waals surface area (Å²) in [6.07, 6.45) is 1.39. The van der Waals surface area contributed by atoms with Crippen molar-refractivity contribution in [1.82, 2.24) is 0 Å². The van der Waals surface area contributed by atoms with E-state index in [1.54, 1.807) is 26.2 Å². The standard InChI is InChI=1S/C10H13ClO.C10H11NOS/c1-7(2)8-5-4-6-9(11)10(8)12-3;1-7(12)9-5-3-4-8(6-11)10(9)13-2/h4-7H,1-3H3;3-5,7,12H,1-2H3. The van der Waals surface area contributed by atoms with Crippen molar-refractivity contribution in [3.8, 4) is 11.8 Å². The number of rotatable bonds is 4. The Morgan fingerprint density at radius 3 is 2.16 bits per heavy atom. The van der Waals surface area contributed by atoms with E-state index in [1.165, 1.54) is 11.8 Å². The third-order valence-electron chi connectivity index (χ3n) is 3.64. The van der Waals surface area contributed by atoms with Gasteiger partial charge < -0.3 is 9.84 Å². The van der Waals surface area contributed by atoms with Crippen molar-refractivity contribution in [2.45, 2.75) is 37.7 Å². The zero-order valence-corrected chi connectivity index (χ0v) is 16.8. The fourth-order valence-corrected chi connectivity index (χ4v) is 3.46. The maximum atomic E-state index is 9.43. The van der Waals surface area contributed by atoms with Crippen LogP contribution in [-0.4, -0.2) is 18.5 Å². The minimum absolute atomic E-state index is 0.443. The van der Waals surface area contributed by atoms with Gasteiger partial charge in [-0.1, -0.05) is 49.7 Å². The Bertz CT molecular complexity index is 739. The summed E-state index contributed by atoms with van der Waals surface area (Å²) in [5.41, 5.74) is 2.61. The van der Waals surface area contributed by atoms with Crippen molar-refractivity contribution >= 4 is 23.4 Å². The summed E-state index contributed by atoms with van der Waals surface area (Å²) in [6.45, 7) is 5.94. The molecule has 0 radical (unpaired) electrons. The van der Waals surface area contributed by atoms with E-state index in [0.29, 0.717) is 16.5 Å². The van der Waals surface area contributed by atoms with Crippen molar-refractivity contribution in [3.63, 3.8) is 0 Å². The summed E-state index contributed by atoms with van der Waals surface area (Å²) in [5.74, 6) is 1.24. The molecule has 2 rings (SSSR count). The number of nitriles is 1. The average molecular weight is 378 g/mol. The van der Waals surface area contributed by atoms with Crippen LogP contribution in [0.3, 0.4) is 0 Å². The third kappa shape index (κ3) is 5.67. The minimum atomic E-state index is -0.518. The maximum Gasteiger partial charge on any atom is 0.140 e. The molecule has 0 aromatic heterocycles. The molecule has 2 aromatic rings. The molecule has 3 nitrogen and oxygen atoms in total. The van der Waals surface area contributed by atoms with Crippen molar-refractivity contribution in [1.29, 1.82) is 5.26 Å². The lowest BCUT2D eigenvalue weighted by Crippen LogP contribution is -1.95. The summed E-state index contributed by atoms with van der Waals surface area (Å²) in [7, 11) is 1.65. The lowest BCUT2D eigenvalue weighted by atomic mass is 10.0. The molecule has 25 heavy (non-hydrogen) atoms. The summed E-state index contributed by atoms with van der Waals surface area (Å²) >= 11 is 7.44. The van der Waals surface area contributed by atoms with Gasteiger partial charge in [0.2, 0.25) is 0 Å². The van der Waals surface area contributed by atoms with Crippen molar-refractivity contribution in [2.75, 3.05) is 13.4 Å².